The summed E-state index contributed by atoms with van der Waals surface area (Å²) in [5.74, 6) is 0.682. The Labute approximate surface area is 156 Å². The number of fused-ring (bicyclic) bond motifs is 1. The number of hydrogen-bond acceptors (Lipinski definition) is 5. The molecule has 2 amide bonds. The molecule has 2 aliphatic heterocycles. The molecule has 140 valence electrons. The Kier molecular flexibility index (Phi) is 4.22. The molecule has 0 aliphatic carbocycles. The Morgan fingerprint density at radius 3 is 2.48 bits per heavy atom. The van der Waals surface area contributed by atoms with E-state index in [0.717, 1.165) is 33.4 Å². The molecule has 1 fully saturated rings. The molecule has 7 heteroatoms. The van der Waals surface area contributed by atoms with Crippen molar-refractivity contribution < 1.29 is 23.9 Å². The van der Waals surface area contributed by atoms with Gasteiger partial charge in [0.25, 0.3) is 0 Å². The lowest BCUT2D eigenvalue weighted by atomic mass is 10.1. The molecule has 4 rings (SSSR count). The second-order valence-corrected chi connectivity index (χ2v) is 6.86. The van der Waals surface area contributed by atoms with Crippen molar-refractivity contribution in [2.24, 2.45) is 0 Å². The molecule has 2 aromatic rings. The smallest absolute Gasteiger partial charge is 0.231 e. The fraction of sp³-hybridized carbons (Fsp3) is 0.350. The molecule has 1 saturated heterocycles. The highest BCUT2D eigenvalue weighted by Crippen LogP contribution is 2.33. The third-order valence-corrected chi connectivity index (χ3v) is 5.11. The molecule has 1 aromatic carbocycles. The molecule has 0 radical (unpaired) electrons. The van der Waals surface area contributed by atoms with Crippen LogP contribution in [0.1, 0.15) is 40.2 Å². The molecular formula is C20H20N2O5. The topological polar surface area (TPSA) is 77.8 Å². The van der Waals surface area contributed by atoms with Gasteiger partial charge in [-0.1, -0.05) is 6.07 Å². The summed E-state index contributed by atoms with van der Waals surface area (Å²) in [5, 5.41) is 0. The van der Waals surface area contributed by atoms with Gasteiger partial charge in [0.1, 0.15) is 0 Å². The van der Waals surface area contributed by atoms with Crippen LogP contribution in [0.25, 0.3) is 0 Å². The maximum absolute atomic E-state index is 12.7. The van der Waals surface area contributed by atoms with Gasteiger partial charge in [0.15, 0.2) is 17.3 Å². The van der Waals surface area contributed by atoms with Crippen LogP contribution in [0.2, 0.25) is 0 Å². The van der Waals surface area contributed by atoms with Crippen molar-refractivity contribution in [2.45, 2.75) is 33.2 Å². The molecule has 2 aliphatic rings. The first-order chi connectivity index (χ1) is 12.9. The van der Waals surface area contributed by atoms with E-state index in [1.54, 1.807) is 0 Å². The second kappa shape index (κ2) is 6.57. The zero-order chi connectivity index (χ0) is 19.1. The van der Waals surface area contributed by atoms with E-state index < -0.39 is 0 Å². The lowest BCUT2D eigenvalue weighted by molar-refractivity contribution is -0.137. The summed E-state index contributed by atoms with van der Waals surface area (Å²) in [6.07, 6.45) is 0.379. The van der Waals surface area contributed by atoms with Crippen molar-refractivity contribution in [3.8, 4) is 11.5 Å². The maximum Gasteiger partial charge on any atom is 0.231 e. The number of likely N-dealkylation sites (tertiary alicyclic amines) is 1. The number of nitrogens with zero attached hydrogens (tertiary/aromatic N) is 2. The van der Waals surface area contributed by atoms with Gasteiger partial charge in [0, 0.05) is 36.3 Å². The van der Waals surface area contributed by atoms with E-state index in [-0.39, 0.29) is 43.8 Å². The van der Waals surface area contributed by atoms with Crippen LogP contribution >= 0.6 is 0 Å². The molecule has 0 bridgehead atoms. The molecule has 0 N–H and O–H groups in total. The molecule has 0 unspecified atom stereocenters. The number of ketones is 1. The minimum absolute atomic E-state index is 0.189. The van der Waals surface area contributed by atoms with E-state index >= 15 is 0 Å². The number of Topliss-reactive ketones (excluding diaryl/α,β-unsaturated/α-hetero) is 1. The summed E-state index contributed by atoms with van der Waals surface area (Å²) in [6.45, 7) is 4.44. The number of aryl methyl sites for hydroxylation is 1. The van der Waals surface area contributed by atoms with Gasteiger partial charge in [-0.15, -0.1) is 0 Å². The van der Waals surface area contributed by atoms with Gasteiger partial charge in [0.05, 0.1) is 6.54 Å². The Bertz CT molecular complexity index is 944. The summed E-state index contributed by atoms with van der Waals surface area (Å²) in [5.41, 5.74) is 3.33. The fourth-order valence-corrected chi connectivity index (χ4v) is 3.58. The average molecular weight is 368 g/mol. The predicted molar refractivity (Wildman–Crippen MR) is 95.9 cm³/mol. The van der Waals surface area contributed by atoms with E-state index in [2.05, 4.69) is 0 Å². The number of ether oxygens (including phenoxy) is 2. The van der Waals surface area contributed by atoms with E-state index in [9.17, 15) is 14.4 Å². The van der Waals surface area contributed by atoms with Gasteiger partial charge in [-0.25, -0.2) is 0 Å². The Balaban J connectivity index is 1.55. The van der Waals surface area contributed by atoms with Crippen LogP contribution < -0.4 is 9.47 Å². The van der Waals surface area contributed by atoms with Gasteiger partial charge in [-0.05, 0) is 37.6 Å². The van der Waals surface area contributed by atoms with Gasteiger partial charge in [0.2, 0.25) is 18.6 Å². The molecule has 7 nitrogen and oxygen atoms in total. The summed E-state index contributed by atoms with van der Waals surface area (Å²) in [4.78, 5) is 37.3. The van der Waals surface area contributed by atoms with Gasteiger partial charge >= 0.3 is 0 Å². The number of rotatable bonds is 5. The molecule has 0 spiro atoms. The number of aromatic nitrogens is 1. The zero-order valence-electron chi connectivity index (χ0n) is 15.3. The van der Waals surface area contributed by atoms with Crippen LogP contribution in [0.3, 0.4) is 0 Å². The minimum atomic E-state index is -0.275. The average Bonchev–Trinajstić information content (AvgIpc) is 3.31. The van der Waals surface area contributed by atoms with E-state index in [1.807, 2.05) is 42.7 Å². The SMILES string of the molecule is Cc1cc(C(=O)CN2C(=O)CCC2=O)c(C)n1Cc1ccc2c(c1)OCO2. The molecule has 0 saturated carbocycles. The van der Waals surface area contributed by atoms with E-state index in [4.69, 9.17) is 9.47 Å². The first-order valence-electron chi connectivity index (χ1n) is 8.85. The van der Waals surface area contributed by atoms with E-state index in [1.165, 1.54) is 0 Å². The number of carbonyl (C=O) groups is 3. The standard InChI is InChI=1S/C20H20N2O5/c1-12-7-15(16(23)10-22-19(24)5-6-20(22)25)13(2)21(12)9-14-3-4-17-18(8-14)27-11-26-17/h3-4,7-8H,5-6,9-11H2,1-2H3. The van der Waals surface area contributed by atoms with Crippen molar-refractivity contribution in [2.75, 3.05) is 13.3 Å². The first kappa shape index (κ1) is 17.3. The molecule has 0 atom stereocenters. The Hall–Kier alpha value is -3.09. The molecule has 3 heterocycles. The maximum atomic E-state index is 12.7. The lowest BCUT2D eigenvalue weighted by Crippen LogP contribution is -2.34. The summed E-state index contributed by atoms with van der Waals surface area (Å²) in [7, 11) is 0. The van der Waals surface area contributed by atoms with Crippen LogP contribution in [0, 0.1) is 13.8 Å². The quantitative estimate of drug-likeness (QED) is 0.597. The second-order valence-electron chi connectivity index (χ2n) is 6.86. The molecule has 27 heavy (non-hydrogen) atoms. The van der Waals surface area contributed by atoms with Crippen molar-refractivity contribution in [3.63, 3.8) is 0 Å². The van der Waals surface area contributed by atoms with Crippen LogP contribution in [-0.2, 0) is 16.1 Å². The molecular weight excluding hydrogens is 348 g/mol. The van der Waals surface area contributed by atoms with Crippen LogP contribution in [-0.4, -0.2) is 40.4 Å². The van der Waals surface area contributed by atoms with Gasteiger partial charge in [-0.2, -0.15) is 0 Å². The normalized spacial score (nSPS) is 15.7. The number of benzene rings is 1. The number of hydrogen-bond donors (Lipinski definition) is 0. The monoisotopic (exact) mass is 368 g/mol. The third kappa shape index (κ3) is 3.09. The van der Waals surface area contributed by atoms with E-state index in [0.29, 0.717) is 12.1 Å². The summed E-state index contributed by atoms with van der Waals surface area (Å²) < 4.78 is 12.8. The van der Waals surface area contributed by atoms with Crippen LogP contribution in [0.15, 0.2) is 24.3 Å². The van der Waals surface area contributed by atoms with Gasteiger partial charge in [-0.3, -0.25) is 19.3 Å². The number of amides is 2. The van der Waals surface area contributed by atoms with Gasteiger partial charge < -0.3 is 14.0 Å². The van der Waals surface area contributed by atoms with Crippen LogP contribution in [0.4, 0.5) is 0 Å². The van der Waals surface area contributed by atoms with Crippen molar-refractivity contribution in [1.82, 2.24) is 9.47 Å². The largest absolute Gasteiger partial charge is 0.454 e. The fourth-order valence-electron chi connectivity index (χ4n) is 3.58. The number of imide groups is 1. The van der Waals surface area contributed by atoms with Crippen molar-refractivity contribution in [3.05, 3.63) is 46.8 Å². The Morgan fingerprint density at radius 2 is 1.74 bits per heavy atom. The Morgan fingerprint density at radius 1 is 1.04 bits per heavy atom. The van der Waals surface area contributed by atoms with Crippen molar-refractivity contribution in [1.29, 1.82) is 0 Å². The minimum Gasteiger partial charge on any atom is -0.454 e. The lowest BCUT2D eigenvalue weighted by Gasteiger charge is -2.13. The highest BCUT2D eigenvalue weighted by atomic mass is 16.7. The summed E-state index contributed by atoms with van der Waals surface area (Å²) in [6, 6.07) is 7.60. The first-order valence-corrected chi connectivity index (χ1v) is 8.85. The molecule has 1 aromatic heterocycles. The highest BCUT2D eigenvalue weighted by molar-refractivity contribution is 6.08. The summed E-state index contributed by atoms with van der Waals surface area (Å²) >= 11 is 0. The third-order valence-electron chi connectivity index (χ3n) is 5.11. The van der Waals surface area contributed by atoms with Crippen LogP contribution in [0.5, 0.6) is 11.5 Å². The zero-order valence-corrected chi connectivity index (χ0v) is 15.3. The predicted octanol–water partition coefficient (Wildman–Crippen LogP) is 2.21. The highest BCUT2D eigenvalue weighted by Gasteiger charge is 2.31. The number of carbonyl (C=O) groups excluding carboxylic acids is 3. The van der Waals surface area contributed by atoms with Crippen molar-refractivity contribution >= 4 is 17.6 Å².